The summed E-state index contributed by atoms with van der Waals surface area (Å²) < 4.78 is 30.9. The van der Waals surface area contributed by atoms with Gasteiger partial charge in [-0.3, -0.25) is 9.48 Å². The Bertz CT molecular complexity index is 1180. The molecule has 4 aromatic rings. The number of benzene rings is 2. The molecule has 5 nitrogen and oxygen atoms in total. The van der Waals surface area contributed by atoms with E-state index in [4.69, 9.17) is 0 Å². The highest BCUT2D eigenvalue weighted by molar-refractivity contribution is 5.99. The molecule has 4 rings (SSSR count). The molecule has 7 heteroatoms. The number of aromatic nitrogens is 3. The molecule has 0 unspecified atom stereocenters. The second kappa shape index (κ2) is 7.87. The van der Waals surface area contributed by atoms with E-state index in [-0.39, 0.29) is 22.7 Å². The highest BCUT2D eigenvalue weighted by Crippen LogP contribution is 2.25. The SMILES string of the molecule is Cn1cc(C(=O)NCCCn2ccc3ccccc32)c(-c2ccc(F)cc2F)n1. The second-order valence-electron chi connectivity index (χ2n) is 6.87. The van der Waals surface area contributed by atoms with E-state index in [2.05, 4.69) is 33.2 Å². The lowest BCUT2D eigenvalue weighted by atomic mass is 10.1. The molecule has 148 valence electrons. The van der Waals surface area contributed by atoms with Crippen molar-refractivity contribution in [2.45, 2.75) is 13.0 Å². The largest absolute Gasteiger partial charge is 0.352 e. The number of aryl methyl sites for hydroxylation is 2. The molecule has 2 aromatic carbocycles. The molecule has 0 fully saturated rings. The van der Waals surface area contributed by atoms with Gasteiger partial charge in [0.05, 0.1) is 5.56 Å². The molecule has 2 heterocycles. The van der Waals surface area contributed by atoms with Crippen LogP contribution in [0.2, 0.25) is 0 Å². The highest BCUT2D eigenvalue weighted by atomic mass is 19.1. The van der Waals surface area contributed by atoms with Crippen LogP contribution in [0.1, 0.15) is 16.8 Å². The molecule has 1 amide bonds. The molecule has 0 spiro atoms. The molecule has 0 radical (unpaired) electrons. The lowest BCUT2D eigenvalue weighted by Gasteiger charge is -2.08. The van der Waals surface area contributed by atoms with Crippen molar-refractivity contribution in [1.82, 2.24) is 19.7 Å². The number of carbonyl (C=O) groups excluding carboxylic acids is 1. The minimum Gasteiger partial charge on any atom is -0.352 e. The van der Waals surface area contributed by atoms with Crippen LogP contribution < -0.4 is 5.32 Å². The molecule has 0 saturated carbocycles. The Labute approximate surface area is 166 Å². The van der Waals surface area contributed by atoms with Gasteiger partial charge in [0.15, 0.2) is 0 Å². The molecule has 2 aromatic heterocycles. The van der Waals surface area contributed by atoms with Crippen LogP contribution >= 0.6 is 0 Å². The van der Waals surface area contributed by atoms with Crippen molar-refractivity contribution in [2.75, 3.05) is 6.54 Å². The van der Waals surface area contributed by atoms with Crippen LogP contribution in [0, 0.1) is 11.6 Å². The number of nitrogens with one attached hydrogen (secondary N) is 1. The van der Waals surface area contributed by atoms with Crippen LogP contribution in [-0.4, -0.2) is 26.8 Å². The van der Waals surface area contributed by atoms with Crippen LogP contribution in [0.4, 0.5) is 8.78 Å². The summed E-state index contributed by atoms with van der Waals surface area (Å²) in [7, 11) is 1.65. The number of hydrogen-bond donors (Lipinski definition) is 1. The molecule has 0 saturated heterocycles. The van der Waals surface area contributed by atoms with Crippen molar-refractivity contribution in [3.63, 3.8) is 0 Å². The minimum absolute atomic E-state index is 0.0935. The Balaban J connectivity index is 1.42. The summed E-state index contributed by atoms with van der Waals surface area (Å²) in [5, 5.41) is 8.23. The maximum atomic E-state index is 14.2. The zero-order valence-electron chi connectivity index (χ0n) is 15.9. The van der Waals surface area contributed by atoms with Gasteiger partial charge in [0.1, 0.15) is 17.3 Å². The van der Waals surface area contributed by atoms with Gasteiger partial charge in [-0.15, -0.1) is 0 Å². The molecule has 1 N–H and O–H groups in total. The normalized spacial score (nSPS) is 11.1. The Morgan fingerprint density at radius 3 is 2.79 bits per heavy atom. The lowest BCUT2D eigenvalue weighted by Crippen LogP contribution is -2.25. The third kappa shape index (κ3) is 3.89. The average Bonchev–Trinajstić information content (AvgIpc) is 3.29. The van der Waals surface area contributed by atoms with Gasteiger partial charge in [0.2, 0.25) is 0 Å². The highest BCUT2D eigenvalue weighted by Gasteiger charge is 2.19. The van der Waals surface area contributed by atoms with E-state index in [0.29, 0.717) is 6.54 Å². The van der Waals surface area contributed by atoms with Gasteiger partial charge in [-0.1, -0.05) is 18.2 Å². The standard InChI is InChI=1S/C22H20F2N4O/c1-27-14-18(21(26-27)17-8-7-16(23)13-19(17)24)22(29)25-10-4-11-28-12-9-15-5-2-3-6-20(15)28/h2-3,5-9,12-14H,4,10-11H2,1H3,(H,25,29). The number of hydrogen-bond acceptors (Lipinski definition) is 2. The number of para-hydroxylation sites is 1. The molecule has 0 aliphatic carbocycles. The van der Waals surface area contributed by atoms with Gasteiger partial charge in [-0.05, 0) is 36.1 Å². The number of amides is 1. The first kappa shape index (κ1) is 18.9. The fraction of sp³-hybridized carbons (Fsp3) is 0.182. The predicted molar refractivity (Wildman–Crippen MR) is 107 cm³/mol. The summed E-state index contributed by atoms with van der Waals surface area (Å²) in [4.78, 5) is 12.6. The molecule has 0 atom stereocenters. The smallest absolute Gasteiger partial charge is 0.255 e. The fourth-order valence-corrected chi connectivity index (χ4v) is 3.42. The summed E-state index contributed by atoms with van der Waals surface area (Å²) in [6.45, 7) is 1.23. The first-order chi connectivity index (χ1) is 14.0. The van der Waals surface area contributed by atoms with Crippen LogP contribution in [0.3, 0.4) is 0 Å². The van der Waals surface area contributed by atoms with Crippen LogP contribution in [0.5, 0.6) is 0 Å². The Hall–Kier alpha value is -3.48. The number of fused-ring (bicyclic) bond motifs is 1. The molecular weight excluding hydrogens is 374 g/mol. The molecule has 29 heavy (non-hydrogen) atoms. The van der Waals surface area contributed by atoms with E-state index in [9.17, 15) is 13.6 Å². The van der Waals surface area contributed by atoms with Gasteiger partial charge < -0.3 is 9.88 Å². The number of nitrogens with zero attached hydrogens (tertiary/aromatic N) is 3. The van der Waals surface area contributed by atoms with Crippen LogP contribution in [0.15, 0.2) is 60.9 Å². The minimum atomic E-state index is -0.753. The first-order valence-corrected chi connectivity index (χ1v) is 9.34. The summed E-state index contributed by atoms with van der Waals surface area (Å²) in [5.41, 5.74) is 1.69. The number of carbonyl (C=O) groups is 1. The number of rotatable bonds is 6. The van der Waals surface area contributed by atoms with Gasteiger partial charge in [0.25, 0.3) is 5.91 Å². The van der Waals surface area contributed by atoms with E-state index in [1.165, 1.54) is 22.3 Å². The summed E-state index contributed by atoms with van der Waals surface area (Å²) in [6.07, 6.45) is 4.31. The third-order valence-electron chi connectivity index (χ3n) is 4.80. The van der Waals surface area contributed by atoms with Crippen LogP contribution in [-0.2, 0) is 13.6 Å². The molecular formula is C22H20F2N4O. The van der Waals surface area contributed by atoms with Crippen molar-refractivity contribution in [1.29, 1.82) is 0 Å². The van der Waals surface area contributed by atoms with E-state index >= 15 is 0 Å². The number of halogens is 2. The zero-order chi connectivity index (χ0) is 20.4. The zero-order valence-corrected chi connectivity index (χ0v) is 15.9. The van der Waals surface area contributed by atoms with Crippen molar-refractivity contribution >= 4 is 16.8 Å². The average molecular weight is 394 g/mol. The van der Waals surface area contributed by atoms with E-state index in [1.807, 2.05) is 18.3 Å². The molecule has 0 bridgehead atoms. The molecule has 0 aliphatic heterocycles. The van der Waals surface area contributed by atoms with Crippen molar-refractivity contribution in [3.8, 4) is 11.3 Å². The topological polar surface area (TPSA) is 51.9 Å². The van der Waals surface area contributed by atoms with Gasteiger partial charge >= 0.3 is 0 Å². The monoisotopic (exact) mass is 394 g/mol. The van der Waals surface area contributed by atoms with Crippen molar-refractivity contribution in [3.05, 3.63) is 78.1 Å². The second-order valence-corrected chi connectivity index (χ2v) is 6.87. The maximum absolute atomic E-state index is 14.2. The van der Waals surface area contributed by atoms with E-state index < -0.39 is 11.6 Å². The quantitative estimate of drug-likeness (QED) is 0.500. The fourth-order valence-electron chi connectivity index (χ4n) is 3.42. The van der Waals surface area contributed by atoms with Crippen LogP contribution in [0.25, 0.3) is 22.2 Å². The van der Waals surface area contributed by atoms with E-state index in [1.54, 1.807) is 7.05 Å². The maximum Gasteiger partial charge on any atom is 0.255 e. The van der Waals surface area contributed by atoms with Gasteiger partial charge in [0, 0.05) is 49.7 Å². The Morgan fingerprint density at radius 2 is 1.97 bits per heavy atom. The lowest BCUT2D eigenvalue weighted by molar-refractivity contribution is 0.0953. The Morgan fingerprint density at radius 1 is 1.14 bits per heavy atom. The Kier molecular flexibility index (Phi) is 5.12. The summed E-state index contributed by atoms with van der Waals surface area (Å²) in [5.74, 6) is -1.77. The van der Waals surface area contributed by atoms with Gasteiger partial charge in [-0.2, -0.15) is 5.10 Å². The third-order valence-corrected chi connectivity index (χ3v) is 4.80. The summed E-state index contributed by atoms with van der Waals surface area (Å²) in [6, 6.07) is 13.4. The predicted octanol–water partition coefficient (Wildman–Crippen LogP) is 4.14. The van der Waals surface area contributed by atoms with Crippen molar-refractivity contribution < 1.29 is 13.6 Å². The molecule has 0 aliphatic rings. The van der Waals surface area contributed by atoms with Gasteiger partial charge in [-0.25, -0.2) is 8.78 Å². The summed E-state index contributed by atoms with van der Waals surface area (Å²) >= 11 is 0. The van der Waals surface area contributed by atoms with Crippen molar-refractivity contribution in [2.24, 2.45) is 7.05 Å². The first-order valence-electron chi connectivity index (χ1n) is 9.34. The van der Waals surface area contributed by atoms with E-state index in [0.717, 1.165) is 30.6 Å².